The molecule has 6 nitrogen and oxygen atoms in total. The third-order valence-corrected chi connectivity index (χ3v) is 3.64. The van der Waals surface area contributed by atoms with E-state index in [0.717, 1.165) is 12.1 Å². The Bertz CT molecular complexity index is 553. The van der Waals surface area contributed by atoms with Gasteiger partial charge >= 0.3 is 0 Å². The zero-order chi connectivity index (χ0) is 15.1. The summed E-state index contributed by atoms with van der Waals surface area (Å²) in [5.41, 5.74) is 2.21. The summed E-state index contributed by atoms with van der Waals surface area (Å²) in [6.45, 7) is 2.48. The van der Waals surface area contributed by atoms with Crippen LogP contribution in [0.25, 0.3) is 0 Å². The van der Waals surface area contributed by atoms with Crippen molar-refractivity contribution in [2.24, 2.45) is 0 Å². The number of aliphatic hydroxyl groups excluding tert-OH is 1. The first kappa shape index (κ1) is 15.5. The summed E-state index contributed by atoms with van der Waals surface area (Å²) in [7, 11) is 0. The van der Waals surface area contributed by atoms with E-state index < -0.39 is 0 Å². The number of nitrogens with one attached hydrogen (secondary N) is 2. The smallest absolute Gasteiger partial charge is 0.241 e. The van der Waals surface area contributed by atoms with Crippen LogP contribution >= 0.6 is 11.3 Å². The molecule has 0 saturated carbocycles. The quantitative estimate of drug-likeness (QED) is 0.682. The van der Waals surface area contributed by atoms with Crippen molar-refractivity contribution in [1.29, 1.82) is 0 Å². The van der Waals surface area contributed by atoms with Gasteiger partial charge in [-0.1, -0.05) is 0 Å². The summed E-state index contributed by atoms with van der Waals surface area (Å²) in [5.74, 6) is -0.162. The van der Waals surface area contributed by atoms with E-state index >= 15 is 0 Å². The molecule has 0 fully saturated rings. The van der Waals surface area contributed by atoms with Gasteiger partial charge in [0.2, 0.25) is 5.91 Å². The zero-order valence-electron chi connectivity index (χ0n) is 12.0. The van der Waals surface area contributed by atoms with E-state index in [1.54, 1.807) is 22.2 Å². The molecule has 1 amide bonds. The number of carbonyl (C=O) groups excluding carboxylic acids is 1. The van der Waals surface area contributed by atoms with Crippen LogP contribution in [0.15, 0.2) is 29.2 Å². The van der Waals surface area contributed by atoms with Crippen LogP contribution in [0.5, 0.6) is 0 Å². The van der Waals surface area contributed by atoms with Crippen LogP contribution in [0, 0.1) is 0 Å². The van der Waals surface area contributed by atoms with Crippen molar-refractivity contribution in [2.75, 3.05) is 18.5 Å². The average Bonchev–Trinajstić information content (AvgIpc) is 3.08. The van der Waals surface area contributed by atoms with Crippen molar-refractivity contribution in [2.45, 2.75) is 25.9 Å². The second kappa shape index (κ2) is 7.80. The van der Waals surface area contributed by atoms with Crippen molar-refractivity contribution < 1.29 is 9.90 Å². The van der Waals surface area contributed by atoms with Gasteiger partial charge in [-0.2, -0.15) is 16.4 Å². The summed E-state index contributed by atoms with van der Waals surface area (Å²) in [6, 6.07) is 2.41. The molecule has 0 aliphatic rings. The maximum absolute atomic E-state index is 11.5. The highest BCUT2D eigenvalue weighted by Gasteiger charge is 2.07. The Morgan fingerprint density at radius 2 is 2.43 bits per heavy atom. The number of thiophene rings is 1. The van der Waals surface area contributed by atoms with Crippen molar-refractivity contribution >= 4 is 22.9 Å². The lowest BCUT2D eigenvalue weighted by molar-refractivity contribution is -0.122. The summed E-state index contributed by atoms with van der Waals surface area (Å²) in [4.78, 5) is 11.5. The van der Waals surface area contributed by atoms with Crippen LogP contribution < -0.4 is 10.6 Å². The van der Waals surface area contributed by atoms with Gasteiger partial charge in [0.05, 0.1) is 18.5 Å². The minimum absolute atomic E-state index is 0.0578. The fourth-order valence-corrected chi connectivity index (χ4v) is 2.70. The summed E-state index contributed by atoms with van der Waals surface area (Å²) < 4.78 is 1.58. The fraction of sp³-hybridized carbons (Fsp3) is 0.429. The van der Waals surface area contributed by atoms with E-state index in [1.165, 1.54) is 5.56 Å². The first-order chi connectivity index (χ1) is 10.2. The highest BCUT2D eigenvalue weighted by atomic mass is 32.1. The molecule has 114 valence electrons. The number of aliphatic hydroxyl groups is 1. The molecule has 0 bridgehead atoms. The van der Waals surface area contributed by atoms with Gasteiger partial charge in [-0.25, -0.2) is 0 Å². The third kappa shape index (κ3) is 5.20. The molecule has 0 radical (unpaired) electrons. The maximum atomic E-state index is 11.5. The van der Waals surface area contributed by atoms with E-state index in [9.17, 15) is 4.79 Å². The number of nitrogens with zero attached hydrogens (tertiary/aromatic N) is 2. The molecule has 2 aromatic heterocycles. The number of aromatic nitrogens is 2. The molecule has 7 heteroatoms. The molecule has 21 heavy (non-hydrogen) atoms. The Balaban J connectivity index is 1.80. The number of amides is 1. The number of hydrogen-bond acceptors (Lipinski definition) is 5. The molecule has 2 aromatic rings. The Morgan fingerprint density at radius 1 is 1.57 bits per heavy atom. The largest absolute Gasteiger partial charge is 0.395 e. The normalized spacial score (nSPS) is 12.1. The van der Waals surface area contributed by atoms with Crippen molar-refractivity contribution in [3.05, 3.63) is 34.8 Å². The monoisotopic (exact) mass is 308 g/mol. The maximum Gasteiger partial charge on any atom is 0.241 e. The number of rotatable bonds is 8. The number of anilines is 1. The molecule has 2 heterocycles. The lowest BCUT2D eigenvalue weighted by Crippen LogP contribution is -2.30. The lowest BCUT2D eigenvalue weighted by Gasteiger charge is -2.12. The Labute approximate surface area is 127 Å². The summed E-state index contributed by atoms with van der Waals surface area (Å²) in [5, 5.41) is 23.0. The van der Waals surface area contributed by atoms with Crippen molar-refractivity contribution in [3.63, 3.8) is 0 Å². The highest BCUT2D eigenvalue weighted by Crippen LogP contribution is 2.12. The van der Waals surface area contributed by atoms with E-state index in [0.29, 0.717) is 6.04 Å². The molecule has 0 aliphatic heterocycles. The Morgan fingerprint density at radius 3 is 3.14 bits per heavy atom. The van der Waals surface area contributed by atoms with Crippen molar-refractivity contribution in [1.82, 2.24) is 15.1 Å². The molecule has 0 aliphatic carbocycles. The summed E-state index contributed by atoms with van der Waals surface area (Å²) >= 11 is 1.70. The van der Waals surface area contributed by atoms with Gasteiger partial charge in [0.25, 0.3) is 0 Å². The van der Waals surface area contributed by atoms with Gasteiger partial charge in [0.15, 0.2) is 0 Å². The topological polar surface area (TPSA) is 79.2 Å². The molecule has 2 rings (SSSR count). The van der Waals surface area contributed by atoms with Gasteiger partial charge in [-0.3, -0.25) is 9.48 Å². The minimum Gasteiger partial charge on any atom is -0.395 e. The molecular formula is C14H20N4O2S. The van der Waals surface area contributed by atoms with Crippen LogP contribution in [0.4, 0.5) is 5.69 Å². The molecule has 1 unspecified atom stereocenters. The second-order valence-electron chi connectivity index (χ2n) is 4.88. The number of carbonyl (C=O) groups is 1. The molecule has 0 aromatic carbocycles. The molecule has 1 atom stereocenters. The van der Waals surface area contributed by atoms with Gasteiger partial charge in [-0.15, -0.1) is 0 Å². The van der Waals surface area contributed by atoms with Gasteiger partial charge < -0.3 is 15.7 Å². The van der Waals surface area contributed by atoms with E-state index in [4.69, 9.17) is 5.11 Å². The first-order valence-corrected chi connectivity index (χ1v) is 7.79. The molecule has 3 N–H and O–H groups in total. The minimum atomic E-state index is -0.162. The predicted molar refractivity (Wildman–Crippen MR) is 83.4 cm³/mol. The predicted octanol–water partition coefficient (Wildman–Crippen LogP) is 1.10. The van der Waals surface area contributed by atoms with Crippen LogP contribution in [-0.2, 0) is 17.8 Å². The average molecular weight is 308 g/mol. The second-order valence-corrected chi connectivity index (χ2v) is 5.66. The standard InChI is InChI=1S/C14H20N4O2S/c1-11(6-12-2-5-21-10-12)17-13-7-16-18(8-13)9-14(20)15-3-4-19/h2,5,7-8,10-11,17,19H,3-4,6,9H2,1H3,(H,15,20). The molecule has 0 saturated heterocycles. The zero-order valence-corrected chi connectivity index (χ0v) is 12.8. The Kier molecular flexibility index (Phi) is 5.77. The van der Waals surface area contributed by atoms with Crippen molar-refractivity contribution in [3.8, 4) is 0 Å². The number of hydrogen-bond donors (Lipinski definition) is 3. The Hall–Kier alpha value is -1.86. The molecular weight excluding hydrogens is 288 g/mol. The van der Waals surface area contributed by atoms with E-state index in [1.807, 2.05) is 6.20 Å². The van der Waals surface area contributed by atoms with Crippen LogP contribution in [-0.4, -0.2) is 40.0 Å². The van der Waals surface area contributed by atoms with Gasteiger partial charge in [0, 0.05) is 18.8 Å². The van der Waals surface area contributed by atoms with E-state index in [2.05, 4.69) is 39.5 Å². The molecule has 0 spiro atoms. The van der Waals surface area contributed by atoms with Crippen LogP contribution in [0.3, 0.4) is 0 Å². The van der Waals surface area contributed by atoms with Gasteiger partial charge in [0.1, 0.15) is 6.54 Å². The van der Waals surface area contributed by atoms with Crippen LogP contribution in [0.1, 0.15) is 12.5 Å². The lowest BCUT2D eigenvalue weighted by atomic mass is 10.1. The van der Waals surface area contributed by atoms with Gasteiger partial charge in [-0.05, 0) is 35.7 Å². The SMILES string of the molecule is CC(Cc1ccsc1)Nc1cnn(CC(=O)NCCO)c1. The summed E-state index contributed by atoms with van der Waals surface area (Å²) in [6.07, 6.45) is 4.47. The first-order valence-electron chi connectivity index (χ1n) is 6.85. The van der Waals surface area contributed by atoms with E-state index in [-0.39, 0.29) is 25.6 Å². The fourth-order valence-electron chi connectivity index (χ4n) is 2.02. The van der Waals surface area contributed by atoms with Crippen LogP contribution in [0.2, 0.25) is 0 Å². The highest BCUT2D eigenvalue weighted by molar-refractivity contribution is 7.07. The third-order valence-electron chi connectivity index (χ3n) is 2.91.